The lowest BCUT2D eigenvalue weighted by atomic mass is 9.98. The number of thioether (sulfide) groups is 1. The third-order valence-electron chi connectivity index (χ3n) is 5.00. The highest BCUT2D eigenvalue weighted by molar-refractivity contribution is 7.98. The molecule has 0 radical (unpaired) electrons. The van der Waals surface area contributed by atoms with Crippen molar-refractivity contribution in [2.45, 2.75) is 4.90 Å². The highest BCUT2D eigenvalue weighted by Crippen LogP contribution is 2.29. The summed E-state index contributed by atoms with van der Waals surface area (Å²) >= 11 is 1.15. The highest BCUT2D eigenvalue weighted by Gasteiger charge is 2.23. The van der Waals surface area contributed by atoms with Gasteiger partial charge in [0, 0.05) is 34.9 Å². The molecule has 0 spiro atoms. The van der Waals surface area contributed by atoms with E-state index in [1.54, 1.807) is 6.26 Å². The molecule has 0 aliphatic heterocycles. The van der Waals surface area contributed by atoms with Crippen molar-refractivity contribution in [3.8, 4) is 0 Å². The summed E-state index contributed by atoms with van der Waals surface area (Å²) in [5, 5.41) is 22.2. The maximum atomic E-state index is 13.1. The number of carbonyl (C=O) groups excluding carboxylic acids is 4. The molecule has 3 aromatic carbocycles. The molecule has 0 heterocycles. The largest absolute Gasteiger partial charge is 0.452 e. The predicted molar refractivity (Wildman–Crippen MR) is 134 cm³/mol. The van der Waals surface area contributed by atoms with Gasteiger partial charge in [-0.1, -0.05) is 24.3 Å². The van der Waals surface area contributed by atoms with E-state index in [1.165, 1.54) is 54.6 Å². The molecule has 0 saturated heterocycles. The molecular weight excluding hydrogens is 520 g/mol. The molecule has 0 bridgehead atoms. The monoisotopic (exact) mass is 538 g/mol. The lowest BCUT2D eigenvalue weighted by Crippen LogP contribution is -2.43. The molecule has 3 rings (SSSR count). The number of hydrogen-bond donors (Lipinski definition) is 2. The fourth-order valence-electron chi connectivity index (χ4n) is 3.19. The van der Waals surface area contributed by atoms with Gasteiger partial charge >= 0.3 is 5.97 Å². The molecule has 194 valence electrons. The van der Waals surface area contributed by atoms with Crippen molar-refractivity contribution < 1.29 is 33.8 Å². The average Bonchev–Trinajstić information content (AvgIpc) is 2.93. The summed E-state index contributed by atoms with van der Waals surface area (Å²) in [5.41, 5.74) is 3.10. The van der Waals surface area contributed by atoms with Crippen LogP contribution in [0, 0.1) is 20.2 Å². The number of rotatable bonds is 9. The van der Waals surface area contributed by atoms with Gasteiger partial charge in [0.05, 0.1) is 20.3 Å². The van der Waals surface area contributed by atoms with Gasteiger partial charge in [0.1, 0.15) is 0 Å². The zero-order valence-corrected chi connectivity index (χ0v) is 20.4. The summed E-state index contributed by atoms with van der Waals surface area (Å²) in [6.45, 7) is -0.829. The number of nitro groups is 2. The Hall–Kier alpha value is -5.11. The minimum absolute atomic E-state index is 0.0173. The summed E-state index contributed by atoms with van der Waals surface area (Å²) in [6.07, 6.45) is 1.66. The van der Waals surface area contributed by atoms with Crippen LogP contribution in [-0.4, -0.2) is 46.3 Å². The van der Waals surface area contributed by atoms with Crippen molar-refractivity contribution in [2.75, 3.05) is 12.9 Å². The number of nitrogens with zero attached hydrogens (tertiary/aromatic N) is 2. The van der Waals surface area contributed by atoms with E-state index in [4.69, 9.17) is 4.74 Å². The minimum atomic E-state index is -1.02. The number of amides is 2. The molecule has 0 fully saturated rings. The first-order valence-electron chi connectivity index (χ1n) is 10.6. The van der Waals surface area contributed by atoms with Gasteiger partial charge in [-0.05, 0) is 30.5 Å². The number of ether oxygens (including phenoxy) is 1. The zero-order valence-electron chi connectivity index (χ0n) is 19.5. The lowest BCUT2D eigenvalue weighted by molar-refractivity contribution is -0.387. The number of hydrazine groups is 1. The van der Waals surface area contributed by atoms with Crippen LogP contribution in [0.25, 0.3) is 0 Å². The first-order chi connectivity index (χ1) is 18.1. The second kappa shape index (κ2) is 12.2. The van der Waals surface area contributed by atoms with Crippen LogP contribution in [0.15, 0.2) is 71.6 Å². The van der Waals surface area contributed by atoms with Gasteiger partial charge in [0.2, 0.25) is 0 Å². The predicted octanol–water partition coefficient (Wildman–Crippen LogP) is 3.07. The zero-order chi connectivity index (χ0) is 27.8. The Balaban J connectivity index is 1.65. The normalized spacial score (nSPS) is 10.2. The smallest absolute Gasteiger partial charge is 0.339 e. The number of nitro benzene ring substituents is 2. The summed E-state index contributed by atoms with van der Waals surface area (Å²) in [5.74, 6) is -3.46. The van der Waals surface area contributed by atoms with Crippen LogP contribution in [0.1, 0.15) is 36.6 Å². The van der Waals surface area contributed by atoms with Crippen LogP contribution in [0.4, 0.5) is 11.4 Å². The van der Waals surface area contributed by atoms with Crippen LogP contribution < -0.4 is 10.9 Å². The van der Waals surface area contributed by atoms with Gasteiger partial charge < -0.3 is 4.74 Å². The fraction of sp³-hybridized carbons (Fsp3) is 0.0833. The molecule has 3 aromatic rings. The summed E-state index contributed by atoms with van der Waals surface area (Å²) < 4.78 is 4.95. The first-order valence-corrected chi connectivity index (χ1v) is 11.8. The number of benzene rings is 3. The van der Waals surface area contributed by atoms with Crippen LogP contribution in [0.2, 0.25) is 0 Å². The van der Waals surface area contributed by atoms with E-state index < -0.39 is 40.0 Å². The SMILES string of the molecule is CSc1ccc(C(=O)c2ccccc2C(=O)OCC(=O)NNC(=O)c2cccc([N+](=O)[O-])c2)cc1[N+](=O)[O-]. The van der Waals surface area contributed by atoms with Crippen LogP contribution >= 0.6 is 11.8 Å². The van der Waals surface area contributed by atoms with Crippen LogP contribution in [0.3, 0.4) is 0 Å². The lowest BCUT2D eigenvalue weighted by Gasteiger charge is -2.10. The topological polar surface area (TPSA) is 188 Å². The van der Waals surface area contributed by atoms with Gasteiger partial charge in [-0.2, -0.15) is 0 Å². The standard InChI is InChI=1S/C24H18N4O9S/c1-38-20-10-9-14(12-19(20)28(35)36)22(30)17-7-2-3-8-18(17)24(32)37-13-21(29)25-26-23(31)15-5-4-6-16(11-15)27(33)34/h2-12H,13H2,1H3,(H,25,29)(H,26,31). The van der Waals surface area contributed by atoms with E-state index in [9.17, 15) is 39.4 Å². The van der Waals surface area contributed by atoms with Gasteiger partial charge in [-0.15, -0.1) is 11.8 Å². The third kappa shape index (κ3) is 6.55. The van der Waals surface area contributed by atoms with Gasteiger partial charge in [0.25, 0.3) is 23.2 Å². The molecule has 38 heavy (non-hydrogen) atoms. The Morgan fingerprint density at radius 2 is 1.55 bits per heavy atom. The average molecular weight is 538 g/mol. The molecular formula is C24H18N4O9S. The van der Waals surface area contributed by atoms with Gasteiger partial charge in [-0.25, -0.2) is 4.79 Å². The number of carbonyl (C=O) groups is 4. The first kappa shape index (κ1) is 27.5. The molecule has 2 N–H and O–H groups in total. The molecule has 14 heteroatoms. The molecule has 0 aromatic heterocycles. The van der Waals surface area contributed by atoms with E-state index in [0.29, 0.717) is 4.90 Å². The Kier molecular flexibility index (Phi) is 8.84. The third-order valence-corrected chi connectivity index (χ3v) is 5.78. The molecule has 0 saturated carbocycles. The maximum Gasteiger partial charge on any atom is 0.339 e. The van der Waals surface area contributed by atoms with E-state index in [2.05, 4.69) is 0 Å². The molecule has 13 nitrogen and oxygen atoms in total. The van der Waals surface area contributed by atoms with Crippen molar-refractivity contribution in [1.29, 1.82) is 0 Å². The van der Waals surface area contributed by atoms with Crippen molar-refractivity contribution in [3.05, 3.63) is 109 Å². The van der Waals surface area contributed by atoms with Gasteiger partial charge in [0.15, 0.2) is 12.4 Å². The number of non-ortho nitro benzene ring substituents is 1. The van der Waals surface area contributed by atoms with E-state index >= 15 is 0 Å². The second-order valence-corrected chi connectivity index (χ2v) is 8.25. The molecule has 2 amide bonds. The quantitative estimate of drug-likeness (QED) is 0.135. The van der Waals surface area contributed by atoms with E-state index in [0.717, 1.165) is 23.9 Å². The Bertz CT molecular complexity index is 1460. The number of nitrogens with one attached hydrogen (secondary N) is 2. The number of esters is 1. The Morgan fingerprint density at radius 1 is 0.842 bits per heavy atom. The second-order valence-electron chi connectivity index (χ2n) is 7.40. The number of hydrogen-bond acceptors (Lipinski definition) is 10. The van der Waals surface area contributed by atoms with E-state index in [-0.39, 0.29) is 33.6 Å². The Morgan fingerprint density at radius 3 is 2.21 bits per heavy atom. The fourth-order valence-corrected chi connectivity index (χ4v) is 3.74. The van der Waals surface area contributed by atoms with Crippen molar-refractivity contribution in [1.82, 2.24) is 10.9 Å². The molecule has 0 aliphatic rings. The summed E-state index contributed by atoms with van der Waals surface area (Å²) in [6, 6.07) is 14.3. The maximum absolute atomic E-state index is 13.1. The highest BCUT2D eigenvalue weighted by atomic mass is 32.2. The van der Waals surface area contributed by atoms with Crippen molar-refractivity contribution in [2.24, 2.45) is 0 Å². The summed E-state index contributed by atoms with van der Waals surface area (Å²) in [4.78, 5) is 71.1. The molecule has 0 unspecified atom stereocenters. The Labute approximate surface area is 218 Å². The molecule has 0 atom stereocenters. The molecule has 0 aliphatic carbocycles. The van der Waals surface area contributed by atoms with Crippen LogP contribution in [0.5, 0.6) is 0 Å². The van der Waals surface area contributed by atoms with Crippen molar-refractivity contribution in [3.63, 3.8) is 0 Å². The van der Waals surface area contributed by atoms with E-state index in [1.807, 2.05) is 10.9 Å². The summed E-state index contributed by atoms with van der Waals surface area (Å²) in [7, 11) is 0. The van der Waals surface area contributed by atoms with Gasteiger partial charge in [-0.3, -0.25) is 45.5 Å². The van der Waals surface area contributed by atoms with Crippen LogP contribution in [-0.2, 0) is 9.53 Å². The minimum Gasteiger partial charge on any atom is -0.452 e. The number of ketones is 1. The van der Waals surface area contributed by atoms with Crippen molar-refractivity contribution >= 4 is 46.7 Å².